The van der Waals surface area contributed by atoms with Crippen LogP contribution in [0.25, 0.3) is 6.08 Å². The number of nitro groups is 1. The van der Waals surface area contributed by atoms with Crippen LogP contribution in [0, 0.1) is 21.4 Å². The van der Waals surface area contributed by atoms with Gasteiger partial charge in [-0.2, -0.15) is 5.26 Å². The van der Waals surface area contributed by atoms with Gasteiger partial charge in [-0.3, -0.25) is 14.9 Å². The maximum atomic E-state index is 12.5. The fourth-order valence-electron chi connectivity index (χ4n) is 2.69. The number of benzene rings is 3. The van der Waals surface area contributed by atoms with Crippen molar-refractivity contribution in [2.24, 2.45) is 0 Å². The van der Waals surface area contributed by atoms with Crippen LogP contribution in [-0.4, -0.2) is 15.9 Å². The number of hydrogen-bond acceptors (Lipinski definition) is 6. The van der Waals surface area contributed by atoms with E-state index in [9.17, 15) is 25.3 Å². The molecule has 2 N–H and O–H groups in total. The van der Waals surface area contributed by atoms with Gasteiger partial charge in [-0.1, -0.05) is 11.6 Å². The van der Waals surface area contributed by atoms with Gasteiger partial charge in [-0.15, -0.1) is 0 Å². The number of nitriles is 1. The number of ether oxygens (including phenoxy) is 1. The van der Waals surface area contributed by atoms with Crippen LogP contribution in [0.1, 0.15) is 11.1 Å². The molecular weight excluding hydrogens is 434 g/mol. The third kappa shape index (κ3) is 5.84. The molecule has 0 unspecified atom stereocenters. The van der Waals surface area contributed by atoms with Gasteiger partial charge in [0.15, 0.2) is 0 Å². The molecule has 0 saturated heterocycles. The van der Waals surface area contributed by atoms with E-state index in [1.807, 2.05) is 6.07 Å². The van der Waals surface area contributed by atoms with Crippen molar-refractivity contribution >= 4 is 35.0 Å². The number of amides is 1. The number of nitro benzene ring substituents is 1. The monoisotopic (exact) mass is 449 g/mol. The van der Waals surface area contributed by atoms with Crippen molar-refractivity contribution in [2.75, 3.05) is 5.32 Å². The third-order valence-electron chi connectivity index (χ3n) is 4.30. The van der Waals surface area contributed by atoms with E-state index in [4.69, 9.17) is 16.3 Å². The zero-order valence-corrected chi connectivity index (χ0v) is 17.2. The molecule has 0 aliphatic carbocycles. The number of anilines is 1. The minimum Gasteiger partial charge on any atom is -0.508 e. The summed E-state index contributed by atoms with van der Waals surface area (Å²) in [6.45, 7) is 0.113. The summed E-state index contributed by atoms with van der Waals surface area (Å²) in [5.74, 6) is -0.217. The van der Waals surface area contributed by atoms with Crippen LogP contribution in [-0.2, 0) is 11.4 Å². The van der Waals surface area contributed by atoms with Crippen molar-refractivity contribution < 1.29 is 19.6 Å². The quantitative estimate of drug-likeness (QED) is 0.170. The SMILES string of the molecule is N#C/C(=C\c1cc(Cl)ccc1OCc1ccc([N+](=O)[O-])cc1)C(=O)Nc1ccc(O)cc1. The molecule has 0 heterocycles. The van der Waals surface area contributed by atoms with Gasteiger partial charge in [0.2, 0.25) is 0 Å². The number of aromatic hydroxyl groups is 1. The number of non-ortho nitro benzene ring substituents is 1. The molecule has 3 aromatic rings. The molecule has 0 radical (unpaired) electrons. The molecule has 9 heteroatoms. The van der Waals surface area contributed by atoms with Gasteiger partial charge in [0, 0.05) is 28.4 Å². The van der Waals surface area contributed by atoms with Gasteiger partial charge in [-0.25, -0.2) is 0 Å². The van der Waals surface area contributed by atoms with Gasteiger partial charge in [0.1, 0.15) is 29.7 Å². The Kier molecular flexibility index (Phi) is 7.06. The molecule has 0 bridgehead atoms. The van der Waals surface area contributed by atoms with E-state index in [-0.39, 0.29) is 23.6 Å². The second-order valence-electron chi connectivity index (χ2n) is 6.57. The predicted molar refractivity (Wildman–Crippen MR) is 119 cm³/mol. The molecule has 0 aromatic heterocycles. The average Bonchev–Trinajstić information content (AvgIpc) is 2.78. The number of carbonyl (C=O) groups excluding carboxylic acids is 1. The Morgan fingerprint density at radius 2 is 1.84 bits per heavy atom. The molecule has 0 aliphatic rings. The largest absolute Gasteiger partial charge is 0.508 e. The molecule has 3 rings (SSSR count). The van der Waals surface area contributed by atoms with Crippen LogP contribution in [0.4, 0.5) is 11.4 Å². The van der Waals surface area contributed by atoms with E-state index in [0.29, 0.717) is 27.6 Å². The van der Waals surface area contributed by atoms with Crippen molar-refractivity contribution in [3.8, 4) is 17.6 Å². The van der Waals surface area contributed by atoms with E-state index in [2.05, 4.69) is 5.32 Å². The summed E-state index contributed by atoms with van der Waals surface area (Å²) in [4.78, 5) is 22.8. The molecule has 1 amide bonds. The smallest absolute Gasteiger partial charge is 0.269 e. The predicted octanol–water partition coefficient (Wildman–Crippen LogP) is 5.08. The number of phenolic OH excluding ortho intramolecular Hbond substituents is 1. The molecule has 0 atom stereocenters. The van der Waals surface area contributed by atoms with E-state index in [1.54, 1.807) is 30.3 Å². The molecule has 3 aromatic carbocycles. The Hall–Kier alpha value is -4.35. The summed E-state index contributed by atoms with van der Waals surface area (Å²) >= 11 is 6.08. The summed E-state index contributed by atoms with van der Waals surface area (Å²) in [7, 11) is 0. The highest BCUT2D eigenvalue weighted by atomic mass is 35.5. The fraction of sp³-hybridized carbons (Fsp3) is 0.0435. The summed E-state index contributed by atoms with van der Waals surface area (Å²) < 4.78 is 5.79. The van der Waals surface area contributed by atoms with Crippen molar-refractivity contribution in [1.29, 1.82) is 5.26 Å². The standard InChI is InChI=1S/C23H16ClN3O5/c24-18-3-10-22(32-14-15-1-6-20(7-2-15)27(30)31)16(12-18)11-17(13-25)23(29)26-19-4-8-21(28)9-5-19/h1-12,28H,14H2,(H,26,29)/b17-11+. The number of phenols is 1. The summed E-state index contributed by atoms with van der Waals surface area (Å²) in [6, 6.07) is 18.3. The highest BCUT2D eigenvalue weighted by Gasteiger charge is 2.13. The van der Waals surface area contributed by atoms with Gasteiger partial charge >= 0.3 is 0 Å². The van der Waals surface area contributed by atoms with E-state index in [1.165, 1.54) is 42.5 Å². The number of carbonyl (C=O) groups is 1. The van der Waals surface area contributed by atoms with Gasteiger partial charge in [0.25, 0.3) is 11.6 Å². The van der Waals surface area contributed by atoms with Crippen LogP contribution < -0.4 is 10.1 Å². The lowest BCUT2D eigenvalue weighted by atomic mass is 10.1. The Morgan fingerprint density at radius 1 is 1.16 bits per heavy atom. The third-order valence-corrected chi connectivity index (χ3v) is 4.54. The molecule has 32 heavy (non-hydrogen) atoms. The molecule has 0 fully saturated rings. The maximum absolute atomic E-state index is 12.5. The normalized spacial score (nSPS) is 10.8. The van der Waals surface area contributed by atoms with Crippen LogP contribution in [0.15, 0.2) is 72.3 Å². The highest BCUT2D eigenvalue weighted by Crippen LogP contribution is 2.27. The number of nitrogens with one attached hydrogen (secondary N) is 1. The summed E-state index contributed by atoms with van der Waals surface area (Å²) in [6.07, 6.45) is 1.35. The van der Waals surface area contributed by atoms with Crippen molar-refractivity contribution in [3.63, 3.8) is 0 Å². The first kappa shape index (κ1) is 22.3. The van der Waals surface area contributed by atoms with Crippen LogP contribution >= 0.6 is 11.6 Å². The highest BCUT2D eigenvalue weighted by molar-refractivity contribution is 6.30. The van der Waals surface area contributed by atoms with Crippen LogP contribution in [0.3, 0.4) is 0 Å². The summed E-state index contributed by atoms with van der Waals surface area (Å²) in [5.41, 5.74) is 1.32. The molecule has 8 nitrogen and oxygen atoms in total. The van der Waals surface area contributed by atoms with Crippen LogP contribution in [0.2, 0.25) is 5.02 Å². The van der Waals surface area contributed by atoms with Gasteiger partial charge in [-0.05, 0) is 66.2 Å². The number of nitrogens with zero attached hydrogens (tertiary/aromatic N) is 2. The Balaban J connectivity index is 1.79. The minimum atomic E-state index is -0.639. The van der Waals surface area contributed by atoms with Crippen molar-refractivity contribution in [2.45, 2.75) is 6.61 Å². The second kappa shape index (κ2) is 10.1. The lowest BCUT2D eigenvalue weighted by molar-refractivity contribution is -0.384. The summed E-state index contributed by atoms with van der Waals surface area (Å²) in [5, 5.41) is 32.5. The van der Waals surface area contributed by atoms with Crippen LogP contribution in [0.5, 0.6) is 11.5 Å². The van der Waals surface area contributed by atoms with E-state index in [0.717, 1.165) is 0 Å². The lowest BCUT2D eigenvalue weighted by Crippen LogP contribution is -2.13. The first-order valence-electron chi connectivity index (χ1n) is 9.23. The average molecular weight is 450 g/mol. The number of rotatable bonds is 7. The zero-order chi connectivity index (χ0) is 23.1. The van der Waals surface area contributed by atoms with Crippen molar-refractivity contribution in [1.82, 2.24) is 0 Å². The molecule has 0 saturated carbocycles. The molecule has 0 spiro atoms. The molecule has 160 valence electrons. The van der Waals surface area contributed by atoms with Gasteiger partial charge < -0.3 is 15.2 Å². The zero-order valence-electron chi connectivity index (χ0n) is 16.5. The first-order valence-corrected chi connectivity index (χ1v) is 9.61. The molecule has 0 aliphatic heterocycles. The topological polar surface area (TPSA) is 125 Å². The van der Waals surface area contributed by atoms with Crippen molar-refractivity contribution in [3.05, 3.63) is 98.6 Å². The Morgan fingerprint density at radius 3 is 2.47 bits per heavy atom. The number of hydrogen-bond donors (Lipinski definition) is 2. The second-order valence-corrected chi connectivity index (χ2v) is 7.00. The Labute approximate surface area is 188 Å². The number of halogens is 1. The first-order chi connectivity index (χ1) is 15.4. The van der Waals surface area contributed by atoms with E-state index < -0.39 is 10.8 Å². The maximum Gasteiger partial charge on any atom is 0.269 e. The molecular formula is C23H16ClN3O5. The minimum absolute atomic E-state index is 0.0258. The fourth-order valence-corrected chi connectivity index (χ4v) is 2.87. The van der Waals surface area contributed by atoms with Gasteiger partial charge in [0.05, 0.1) is 4.92 Å². The lowest BCUT2D eigenvalue weighted by Gasteiger charge is -2.11. The Bertz CT molecular complexity index is 1220. The van der Waals surface area contributed by atoms with E-state index >= 15 is 0 Å².